The number of nitrogens with zero attached hydrogens (tertiary/aromatic N) is 1. The van der Waals surface area contributed by atoms with E-state index < -0.39 is 12.0 Å². The molecule has 0 aliphatic rings. The maximum absolute atomic E-state index is 11.8. The van der Waals surface area contributed by atoms with E-state index in [0.29, 0.717) is 12.8 Å². The van der Waals surface area contributed by atoms with Crippen LogP contribution in [0.3, 0.4) is 0 Å². The number of carboxylic acids is 1. The fraction of sp³-hybridized carbons (Fsp3) is 0.500. The summed E-state index contributed by atoms with van der Waals surface area (Å²) in [7, 11) is 1.52. The quantitative estimate of drug-likeness (QED) is 0.817. The Morgan fingerprint density at radius 1 is 1.53 bits per heavy atom. The maximum atomic E-state index is 11.8. The van der Waals surface area contributed by atoms with Gasteiger partial charge >= 0.3 is 5.97 Å². The molecule has 94 valence electrons. The molecule has 17 heavy (non-hydrogen) atoms. The van der Waals surface area contributed by atoms with E-state index in [1.54, 1.807) is 25.3 Å². The molecule has 1 N–H and O–H groups in total. The Labute approximate surface area is 100 Å². The number of hydrogen-bond acceptors (Lipinski definition) is 3. The van der Waals surface area contributed by atoms with Crippen molar-refractivity contribution in [2.24, 2.45) is 0 Å². The number of aryl methyl sites for hydroxylation is 1. The lowest BCUT2D eigenvalue weighted by Gasteiger charge is -2.23. The average Bonchev–Trinajstić information content (AvgIpc) is 2.78. The Balaban J connectivity index is 2.49. The second-order valence-electron chi connectivity index (χ2n) is 3.85. The molecule has 0 spiro atoms. The van der Waals surface area contributed by atoms with E-state index in [-0.39, 0.29) is 12.3 Å². The third-order valence-corrected chi connectivity index (χ3v) is 2.70. The van der Waals surface area contributed by atoms with E-state index in [9.17, 15) is 9.59 Å². The van der Waals surface area contributed by atoms with E-state index in [1.807, 2.05) is 0 Å². The topological polar surface area (TPSA) is 70.8 Å². The summed E-state index contributed by atoms with van der Waals surface area (Å²) in [5, 5.41) is 8.93. The Morgan fingerprint density at radius 2 is 2.24 bits per heavy atom. The van der Waals surface area contributed by atoms with Crippen LogP contribution in [0.4, 0.5) is 0 Å². The zero-order valence-corrected chi connectivity index (χ0v) is 10.0. The van der Waals surface area contributed by atoms with Crippen LogP contribution >= 0.6 is 0 Å². The van der Waals surface area contributed by atoms with Gasteiger partial charge in [-0.25, -0.2) is 4.79 Å². The minimum atomic E-state index is -0.971. The highest BCUT2D eigenvalue weighted by molar-refractivity contribution is 5.83. The number of likely N-dealkylation sites (N-methyl/N-ethyl adjacent to an activating group) is 1. The molecule has 0 aliphatic heterocycles. The SMILES string of the molecule is CCC(C(=O)O)N(C)C(=O)CCc1ccco1. The highest BCUT2D eigenvalue weighted by Crippen LogP contribution is 2.08. The van der Waals surface area contributed by atoms with Gasteiger partial charge in [0.2, 0.25) is 5.91 Å². The summed E-state index contributed by atoms with van der Waals surface area (Å²) in [4.78, 5) is 23.9. The van der Waals surface area contributed by atoms with E-state index in [4.69, 9.17) is 9.52 Å². The van der Waals surface area contributed by atoms with Crippen LogP contribution in [0, 0.1) is 0 Å². The Bertz CT molecular complexity index is 372. The molecule has 0 bridgehead atoms. The monoisotopic (exact) mass is 239 g/mol. The molecule has 1 aromatic rings. The van der Waals surface area contributed by atoms with E-state index in [1.165, 1.54) is 11.9 Å². The standard InChI is InChI=1S/C12H17NO4/c1-3-10(12(15)16)13(2)11(14)7-6-9-5-4-8-17-9/h4-5,8,10H,3,6-7H2,1-2H3,(H,15,16). The van der Waals surface area contributed by atoms with Crippen molar-refractivity contribution in [1.29, 1.82) is 0 Å². The number of furan rings is 1. The lowest BCUT2D eigenvalue weighted by Crippen LogP contribution is -2.42. The highest BCUT2D eigenvalue weighted by atomic mass is 16.4. The summed E-state index contributed by atoms with van der Waals surface area (Å²) in [5.74, 6) is -0.424. The smallest absolute Gasteiger partial charge is 0.326 e. The Kier molecular flexibility index (Phi) is 4.75. The summed E-state index contributed by atoms with van der Waals surface area (Å²) in [5.41, 5.74) is 0. The van der Waals surface area contributed by atoms with Crippen LogP contribution in [0.1, 0.15) is 25.5 Å². The molecule has 0 aromatic carbocycles. The summed E-state index contributed by atoms with van der Waals surface area (Å²) < 4.78 is 5.11. The molecule has 5 heteroatoms. The fourth-order valence-corrected chi connectivity index (χ4v) is 1.65. The van der Waals surface area contributed by atoms with Crippen LogP contribution in [-0.2, 0) is 16.0 Å². The predicted octanol–water partition coefficient (Wildman–Crippen LogP) is 1.53. The molecule has 1 aromatic heterocycles. The molecule has 1 rings (SSSR count). The third-order valence-electron chi connectivity index (χ3n) is 2.70. The number of carboxylic acid groups (broad SMARTS) is 1. The minimum Gasteiger partial charge on any atom is -0.480 e. The largest absolute Gasteiger partial charge is 0.480 e. The van der Waals surface area contributed by atoms with Gasteiger partial charge in [-0.3, -0.25) is 4.79 Å². The first-order valence-corrected chi connectivity index (χ1v) is 5.57. The normalized spacial score (nSPS) is 12.1. The summed E-state index contributed by atoms with van der Waals surface area (Å²) >= 11 is 0. The molecule has 0 radical (unpaired) electrons. The van der Waals surface area contributed by atoms with Gasteiger partial charge in [0.05, 0.1) is 6.26 Å². The molecule has 1 atom stereocenters. The van der Waals surface area contributed by atoms with Crippen molar-refractivity contribution in [3.05, 3.63) is 24.2 Å². The first kappa shape index (κ1) is 13.3. The van der Waals surface area contributed by atoms with Crippen LogP contribution in [0.25, 0.3) is 0 Å². The molecule has 0 saturated carbocycles. The van der Waals surface area contributed by atoms with Crippen LogP contribution in [0.2, 0.25) is 0 Å². The maximum Gasteiger partial charge on any atom is 0.326 e. The van der Waals surface area contributed by atoms with Gasteiger partial charge in [-0.1, -0.05) is 6.92 Å². The number of aliphatic carboxylic acids is 1. The van der Waals surface area contributed by atoms with E-state index >= 15 is 0 Å². The van der Waals surface area contributed by atoms with Gasteiger partial charge < -0.3 is 14.4 Å². The van der Waals surface area contributed by atoms with Gasteiger partial charge in [-0.2, -0.15) is 0 Å². The van der Waals surface area contributed by atoms with Crippen LogP contribution in [-0.4, -0.2) is 35.0 Å². The van der Waals surface area contributed by atoms with Gasteiger partial charge in [-0.05, 0) is 18.6 Å². The Hall–Kier alpha value is -1.78. The van der Waals surface area contributed by atoms with Crippen molar-refractivity contribution < 1.29 is 19.1 Å². The molecular weight excluding hydrogens is 222 g/mol. The predicted molar refractivity (Wildman–Crippen MR) is 61.5 cm³/mol. The van der Waals surface area contributed by atoms with Gasteiger partial charge in [0.25, 0.3) is 0 Å². The molecule has 5 nitrogen and oxygen atoms in total. The van der Waals surface area contributed by atoms with Crippen LogP contribution in [0.5, 0.6) is 0 Å². The van der Waals surface area contributed by atoms with Crippen molar-refractivity contribution in [1.82, 2.24) is 4.90 Å². The fourth-order valence-electron chi connectivity index (χ4n) is 1.65. The molecule has 1 amide bonds. The number of rotatable bonds is 6. The number of carbonyl (C=O) groups is 2. The van der Waals surface area contributed by atoms with E-state index in [2.05, 4.69) is 0 Å². The first-order valence-electron chi connectivity index (χ1n) is 5.57. The average molecular weight is 239 g/mol. The molecule has 1 unspecified atom stereocenters. The molecule has 1 heterocycles. The van der Waals surface area contributed by atoms with Gasteiger partial charge in [0.1, 0.15) is 11.8 Å². The van der Waals surface area contributed by atoms with Crippen LogP contribution < -0.4 is 0 Å². The molecular formula is C12H17NO4. The minimum absolute atomic E-state index is 0.185. The van der Waals surface area contributed by atoms with Crippen molar-refractivity contribution in [3.8, 4) is 0 Å². The lowest BCUT2D eigenvalue weighted by atomic mass is 10.1. The number of carbonyl (C=O) groups excluding carboxylic acids is 1. The first-order chi connectivity index (χ1) is 8.06. The number of hydrogen-bond donors (Lipinski definition) is 1. The van der Waals surface area contributed by atoms with Gasteiger partial charge in [0, 0.05) is 19.9 Å². The van der Waals surface area contributed by atoms with E-state index in [0.717, 1.165) is 5.76 Å². The van der Waals surface area contributed by atoms with Crippen LogP contribution in [0.15, 0.2) is 22.8 Å². The zero-order valence-electron chi connectivity index (χ0n) is 10.0. The third kappa shape index (κ3) is 3.62. The molecule has 0 saturated heterocycles. The number of amides is 1. The van der Waals surface area contributed by atoms with Crippen molar-refractivity contribution in [2.75, 3.05) is 7.05 Å². The lowest BCUT2D eigenvalue weighted by molar-refractivity contribution is -0.149. The highest BCUT2D eigenvalue weighted by Gasteiger charge is 2.24. The van der Waals surface area contributed by atoms with Gasteiger partial charge in [0.15, 0.2) is 0 Å². The van der Waals surface area contributed by atoms with Crippen molar-refractivity contribution >= 4 is 11.9 Å². The second kappa shape index (κ2) is 6.08. The molecule has 0 fully saturated rings. The summed E-state index contributed by atoms with van der Waals surface area (Å²) in [6, 6.07) is 2.80. The second-order valence-corrected chi connectivity index (χ2v) is 3.85. The zero-order chi connectivity index (χ0) is 12.8. The van der Waals surface area contributed by atoms with Gasteiger partial charge in [-0.15, -0.1) is 0 Å². The van der Waals surface area contributed by atoms with Crippen molar-refractivity contribution in [3.63, 3.8) is 0 Å². The molecule has 0 aliphatic carbocycles. The Morgan fingerprint density at radius 3 is 2.71 bits per heavy atom. The summed E-state index contributed by atoms with van der Waals surface area (Å²) in [6.07, 6.45) is 2.70. The van der Waals surface area contributed by atoms with Crippen molar-refractivity contribution in [2.45, 2.75) is 32.2 Å². The summed E-state index contributed by atoms with van der Waals surface area (Å²) in [6.45, 7) is 1.75.